The highest BCUT2D eigenvalue weighted by molar-refractivity contribution is 5.94. The van der Waals surface area contributed by atoms with Crippen LogP contribution in [0.15, 0.2) is 76.3 Å². The van der Waals surface area contributed by atoms with E-state index in [0.717, 1.165) is 22.4 Å². The Bertz CT molecular complexity index is 1730. The number of nitrogens with zero attached hydrogens (tertiary/aromatic N) is 3. The van der Waals surface area contributed by atoms with Crippen molar-refractivity contribution in [2.45, 2.75) is 13.5 Å². The predicted molar refractivity (Wildman–Crippen MR) is 156 cm³/mol. The molecule has 0 aliphatic carbocycles. The van der Waals surface area contributed by atoms with E-state index in [4.69, 9.17) is 14.2 Å². The molecule has 3 N–H and O–H groups in total. The molecular formula is C30H28N6O6. The van der Waals surface area contributed by atoms with Gasteiger partial charge >= 0.3 is 0 Å². The van der Waals surface area contributed by atoms with Gasteiger partial charge in [-0.15, -0.1) is 5.10 Å². The van der Waals surface area contributed by atoms with Gasteiger partial charge in [-0.2, -0.15) is 0 Å². The molecule has 5 rings (SSSR count). The highest BCUT2D eigenvalue weighted by Crippen LogP contribution is 2.32. The highest BCUT2D eigenvalue weighted by Gasteiger charge is 2.23. The normalized spacial score (nSPS) is 10.9. The first kappa shape index (κ1) is 28.2. The quantitative estimate of drug-likeness (QED) is 0.142. The Hall–Kier alpha value is -5.36. The van der Waals surface area contributed by atoms with Crippen LogP contribution < -0.4 is 31.0 Å². The number of rotatable bonds is 13. The van der Waals surface area contributed by atoms with Crippen molar-refractivity contribution >= 4 is 17.3 Å². The van der Waals surface area contributed by atoms with E-state index in [1.54, 1.807) is 32.2 Å². The van der Waals surface area contributed by atoms with Gasteiger partial charge in [0, 0.05) is 30.5 Å². The van der Waals surface area contributed by atoms with Crippen LogP contribution in [0, 0.1) is 0 Å². The van der Waals surface area contributed by atoms with E-state index >= 15 is 0 Å². The van der Waals surface area contributed by atoms with Gasteiger partial charge in [-0.3, -0.25) is 14.4 Å². The smallest absolute Gasteiger partial charge is 0.272 e. The Morgan fingerprint density at radius 1 is 0.881 bits per heavy atom. The number of tetrazole rings is 1. The Morgan fingerprint density at radius 2 is 1.64 bits per heavy atom. The molecule has 1 aromatic heterocycles. The fraction of sp³-hybridized carbons (Fsp3) is 0.200. The molecule has 4 aromatic carbocycles. The molecule has 12 heteroatoms. The second-order valence-corrected chi connectivity index (χ2v) is 9.21. The van der Waals surface area contributed by atoms with Crippen LogP contribution in [0.1, 0.15) is 22.8 Å². The Balaban J connectivity index is 1.31. The van der Waals surface area contributed by atoms with Gasteiger partial charge < -0.3 is 24.8 Å². The monoisotopic (exact) mass is 568 g/mol. The van der Waals surface area contributed by atoms with Crippen molar-refractivity contribution in [1.82, 2.24) is 25.9 Å². The standard InChI is InChI=1S/C30H28N6O6/c1-3-41-28-25(26(37)27(28)38)32-23-15-21(14-22(16-23)29-33-35-36-34-29)19-6-8-20(9-7-19)30(39)31-17-18-4-10-24(11-5-18)42-13-12-40-2/h4-11,14-16,32H,3,12-13,17H2,1-2H3,(H,31,39)(H,33,34,35,36). The molecule has 0 aliphatic rings. The molecule has 42 heavy (non-hydrogen) atoms. The van der Waals surface area contributed by atoms with Crippen molar-refractivity contribution in [3.8, 4) is 34.0 Å². The minimum Gasteiger partial charge on any atom is -0.491 e. The topological polar surface area (TPSA) is 157 Å². The Morgan fingerprint density at radius 3 is 2.33 bits per heavy atom. The molecule has 0 saturated carbocycles. The SMILES string of the molecule is CCOc1c(Nc2cc(-c3ccc(C(=O)NCc4ccc(OCCOC)cc4)cc3)cc(-c3nnn[nH]3)c2)c(=O)c1=O. The van der Waals surface area contributed by atoms with E-state index in [9.17, 15) is 14.4 Å². The Kier molecular flexibility index (Phi) is 8.64. The lowest BCUT2D eigenvalue weighted by atomic mass is 10.00. The summed E-state index contributed by atoms with van der Waals surface area (Å²) >= 11 is 0. The molecule has 0 bridgehead atoms. The van der Waals surface area contributed by atoms with E-state index in [-0.39, 0.29) is 24.0 Å². The van der Waals surface area contributed by atoms with Crippen LogP contribution in [0.2, 0.25) is 0 Å². The van der Waals surface area contributed by atoms with Crippen LogP contribution in [-0.2, 0) is 11.3 Å². The number of amides is 1. The number of methoxy groups -OCH3 is 1. The molecule has 0 aliphatic heterocycles. The molecule has 12 nitrogen and oxygen atoms in total. The van der Waals surface area contributed by atoms with Crippen molar-refractivity contribution in [1.29, 1.82) is 0 Å². The molecule has 0 atom stereocenters. The van der Waals surface area contributed by atoms with Gasteiger partial charge in [0.05, 0.1) is 13.2 Å². The van der Waals surface area contributed by atoms with Crippen LogP contribution >= 0.6 is 0 Å². The third-order valence-electron chi connectivity index (χ3n) is 6.39. The van der Waals surface area contributed by atoms with E-state index in [0.29, 0.717) is 42.4 Å². The first-order chi connectivity index (χ1) is 20.5. The zero-order valence-electron chi connectivity index (χ0n) is 23.0. The fourth-order valence-electron chi connectivity index (χ4n) is 4.24. The summed E-state index contributed by atoms with van der Waals surface area (Å²) in [5.41, 5.74) is 2.98. The maximum Gasteiger partial charge on any atom is 0.272 e. The third-order valence-corrected chi connectivity index (χ3v) is 6.39. The molecular weight excluding hydrogens is 540 g/mol. The molecule has 0 spiro atoms. The van der Waals surface area contributed by atoms with Gasteiger partial charge in [-0.05, 0) is 76.5 Å². The molecule has 0 radical (unpaired) electrons. The summed E-state index contributed by atoms with van der Waals surface area (Å²) in [4.78, 5) is 36.9. The van der Waals surface area contributed by atoms with Gasteiger partial charge in [-0.1, -0.05) is 24.3 Å². The van der Waals surface area contributed by atoms with Gasteiger partial charge in [0.15, 0.2) is 11.6 Å². The first-order valence-corrected chi connectivity index (χ1v) is 13.2. The number of aromatic amines is 1. The van der Waals surface area contributed by atoms with Crippen LogP contribution in [0.5, 0.6) is 11.5 Å². The first-order valence-electron chi connectivity index (χ1n) is 13.2. The maximum atomic E-state index is 12.8. The zero-order valence-corrected chi connectivity index (χ0v) is 23.0. The van der Waals surface area contributed by atoms with Gasteiger partial charge in [0.1, 0.15) is 18.0 Å². The molecule has 0 unspecified atom stereocenters. The molecule has 214 valence electrons. The number of hydrogen-bond donors (Lipinski definition) is 3. The van der Waals surface area contributed by atoms with Crippen molar-refractivity contribution < 1.29 is 19.0 Å². The van der Waals surface area contributed by atoms with Gasteiger partial charge in [0.25, 0.3) is 16.8 Å². The van der Waals surface area contributed by atoms with Gasteiger partial charge in [0.2, 0.25) is 0 Å². The van der Waals surface area contributed by atoms with E-state index in [1.165, 1.54) is 0 Å². The summed E-state index contributed by atoms with van der Waals surface area (Å²) < 4.78 is 15.9. The Labute approximate surface area is 240 Å². The average Bonchev–Trinajstić information content (AvgIpc) is 3.57. The van der Waals surface area contributed by atoms with E-state index < -0.39 is 10.9 Å². The molecule has 1 amide bonds. The van der Waals surface area contributed by atoms with Gasteiger partial charge in [-0.25, -0.2) is 5.10 Å². The van der Waals surface area contributed by atoms with Crippen LogP contribution in [0.4, 0.5) is 11.4 Å². The van der Waals surface area contributed by atoms with Crippen molar-refractivity contribution in [2.24, 2.45) is 0 Å². The second kappa shape index (κ2) is 12.9. The number of benzene rings is 3. The van der Waals surface area contributed by atoms with Crippen LogP contribution in [0.25, 0.3) is 22.5 Å². The molecule has 0 saturated heterocycles. The lowest BCUT2D eigenvalue weighted by Crippen LogP contribution is -2.35. The summed E-state index contributed by atoms with van der Waals surface area (Å²) in [6, 6.07) is 20.1. The van der Waals surface area contributed by atoms with Crippen molar-refractivity contribution in [3.05, 3.63) is 98.3 Å². The van der Waals surface area contributed by atoms with E-state index in [2.05, 4.69) is 31.3 Å². The highest BCUT2D eigenvalue weighted by atomic mass is 16.5. The predicted octanol–water partition coefficient (Wildman–Crippen LogP) is 3.23. The van der Waals surface area contributed by atoms with Crippen LogP contribution in [0.3, 0.4) is 0 Å². The second-order valence-electron chi connectivity index (χ2n) is 9.21. The summed E-state index contributed by atoms with van der Waals surface area (Å²) in [6.07, 6.45) is 0. The minimum atomic E-state index is -0.659. The van der Waals surface area contributed by atoms with Crippen molar-refractivity contribution in [2.75, 3.05) is 32.2 Å². The third kappa shape index (κ3) is 6.34. The molecule has 0 fully saturated rings. The summed E-state index contributed by atoms with van der Waals surface area (Å²) in [5.74, 6) is 0.950. The number of carbonyl (C=O) groups is 1. The average molecular weight is 569 g/mol. The molecule has 1 heterocycles. The number of ether oxygens (including phenoxy) is 3. The number of H-pyrrole nitrogens is 1. The lowest BCUT2D eigenvalue weighted by molar-refractivity contribution is 0.0951. The number of hydrogen-bond acceptors (Lipinski definition) is 10. The number of carbonyl (C=O) groups excluding carboxylic acids is 1. The lowest BCUT2D eigenvalue weighted by Gasteiger charge is -2.15. The largest absolute Gasteiger partial charge is 0.491 e. The summed E-state index contributed by atoms with van der Waals surface area (Å²) in [6.45, 7) is 3.33. The summed E-state index contributed by atoms with van der Waals surface area (Å²) in [7, 11) is 1.62. The van der Waals surface area contributed by atoms with Crippen molar-refractivity contribution in [3.63, 3.8) is 0 Å². The number of anilines is 2. The maximum absolute atomic E-state index is 12.8. The summed E-state index contributed by atoms with van der Waals surface area (Å²) in [5, 5.41) is 19.9. The number of nitrogens with one attached hydrogen (secondary N) is 3. The van der Waals surface area contributed by atoms with Crippen LogP contribution in [-0.4, -0.2) is 53.5 Å². The fourth-order valence-corrected chi connectivity index (χ4v) is 4.24. The van der Waals surface area contributed by atoms with E-state index in [1.807, 2.05) is 48.5 Å². The minimum absolute atomic E-state index is 0.0116. The molecule has 5 aromatic rings. The number of aromatic nitrogens is 4. The zero-order chi connectivity index (χ0) is 29.5.